The molecule has 142 valence electrons. The Labute approximate surface area is 164 Å². The summed E-state index contributed by atoms with van der Waals surface area (Å²) in [5.41, 5.74) is 5.89. The van der Waals surface area contributed by atoms with Crippen molar-refractivity contribution >= 4 is 27.7 Å². The van der Waals surface area contributed by atoms with E-state index in [1.807, 2.05) is 23.2 Å². The molecule has 1 aliphatic heterocycles. The first-order valence-corrected chi connectivity index (χ1v) is 10.1. The molecule has 2 aromatic heterocycles. The normalized spacial score (nSPS) is 17.5. The molecule has 0 aliphatic carbocycles. The molecule has 4 nitrogen and oxygen atoms in total. The molecule has 1 unspecified atom stereocenters. The second-order valence-electron chi connectivity index (χ2n) is 8.03. The van der Waals surface area contributed by atoms with E-state index in [0.717, 1.165) is 42.4 Å². The predicted molar refractivity (Wildman–Crippen MR) is 114 cm³/mol. The zero-order valence-corrected chi connectivity index (χ0v) is 16.2. The number of aromatic amines is 2. The highest BCUT2D eigenvalue weighted by Gasteiger charge is 2.26. The highest BCUT2D eigenvalue weighted by atomic mass is 16.2. The van der Waals surface area contributed by atoms with Crippen LogP contribution in [0.15, 0.2) is 54.7 Å². The van der Waals surface area contributed by atoms with Gasteiger partial charge in [0.15, 0.2) is 0 Å². The number of piperidine rings is 1. The van der Waals surface area contributed by atoms with Crippen LogP contribution in [0.4, 0.5) is 0 Å². The number of rotatable bonds is 3. The van der Waals surface area contributed by atoms with Crippen LogP contribution in [-0.4, -0.2) is 33.9 Å². The fourth-order valence-electron chi connectivity index (χ4n) is 4.50. The molecular weight excluding hydrogens is 346 g/mol. The zero-order valence-electron chi connectivity index (χ0n) is 16.2. The van der Waals surface area contributed by atoms with E-state index in [1.54, 1.807) is 0 Å². The van der Waals surface area contributed by atoms with Crippen LogP contribution in [0.3, 0.4) is 0 Å². The maximum Gasteiger partial charge on any atom is 0.227 e. The Morgan fingerprint density at radius 1 is 1.14 bits per heavy atom. The average molecular weight is 371 g/mol. The molecule has 2 aromatic carbocycles. The van der Waals surface area contributed by atoms with E-state index in [1.165, 1.54) is 22.2 Å². The van der Waals surface area contributed by atoms with Crippen molar-refractivity contribution in [3.8, 4) is 0 Å². The number of aromatic nitrogens is 2. The number of H-pyrrole nitrogens is 2. The first-order chi connectivity index (χ1) is 13.7. The summed E-state index contributed by atoms with van der Waals surface area (Å²) in [5, 5.41) is 2.41. The number of carbonyl (C=O) groups excluding carboxylic acids is 1. The van der Waals surface area contributed by atoms with Gasteiger partial charge in [0.2, 0.25) is 5.91 Å². The fraction of sp³-hybridized carbons (Fsp3) is 0.292. The number of likely N-dealkylation sites (tertiary alicyclic amines) is 1. The second-order valence-corrected chi connectivity index (χ2v) is 8.03. The minimum atomic E-state index is 0.224. The number of nitrogens with one attached hydrogen (secondary N) is 2. The van der Waals surface area contributed by atoms with Crippen molar-refractivity contribution in [1.82, 2.24) is 14.9 Å². The van der Waals surface area contributed by atoms with E-state index < -0.39 is 0 Å². The van der Waals surface area contributed by atoms with Gasteiger partial charge in [-0.3, -0.25) is 4.79 Å². The van der Waals surface area contributed by atoms with Crippen molar-refractivity contribution in [3.63, 3.8) is 0 Å². The van der Waals surface area contributed by atoms with Gasteiger partial charge >= 0.3 is 0 Å². The van der Waals surface area contributed by atoms with Crippen LogP contribution in [0.2, 0.25) is 0 Å². The first-order valence-electron chi connectivity index (χ1n) is 10.1. The molecule has 4 aromatic rings. The number of aryl methyl sites for hydroxylation is 1. The standard InChI is InChI=1S/C24H25N3O/c1-16-8-9-21-18(11-16)12-23(26-21)17-5-4-10-27(15-17)24(28)13-19-14-25-22-7-3-2-6-20(19)22/h2-3,6-9,11-12,14,17,25-26H,4-5,10,13,15H2,1H3. The molecule has 3 heterocycles. The number of carbonyl (C=O) groups is 1. The minimum absolute atomic E-state index is 0.224. The molecule has 1 saturated heterocycles. The Morgan fingerprint density at radius 2 is 2.04 bits per heavy atom. The molecule has 1 fully saturated rings. The summed E-state index contributed by atoms with van der Waals surface area (Å²) in [6.07, 6.45) is 4.62. The Hall–Kier alpha value is -3.01. The van der Waals surface area contributed by atoms with Crippen molar-refractivity contribution in [1.29, 1.82) is 0 Å². The molecule has 1 atom stereocenters. The Balaban J connectivity index is 1.33. The summed E-state index contributed by atoms with van der Waals surface area (Å²) < 4.78 is 0. The number of hydrogen-bond acceptors (Lipinski definition) is 1. The Kier molecular flexibility index (Phi) is 4.19. The maximum atomic E-state index is 13.0. The van der Waals surface area contributed by atoms with Gasteiger partial charge in [0, 0.05) is 47.3 Å². The third-order valence-corrected chi connectivity index (χ3v) is 6.03. The van der Waals surface area contributed by atoms with Crippen molar-refractivity contribution in [3.05, 3.63) is 71.5 Å². The number of benzene rings is 2. The maximum absolute atomic E-state index is 13.0. The Morgan fingerprint density at radius 3 is 2.96 bits per heavy atom. The fourth-order valence-corrected chi connectivity index (χ4v) is 4.50. The summed E-state index contributed by atoms with van der Waals surface area (Å²) >= 11 is 0. The van der Waals surface area contributed by atoms with Crippen molar-refractivity contribution in [2.24, 2.45) is 0 Å². The quantitative estimate of drug-likeness (QED) is 0.528. The predicted octanol–water partition coefficient (Wildman–Crippen LogP) is 4.91. The van der Waals surface area contributed by atoms with Crippen LogP contribution in [0.5, 0.6) is 0 Å². The summed E-state index contributed by atoms with van der Waals surface area (Å²) in [6.45, 7) is 3.78. The van der Waals surface area contributed by atoms with Gasteiger partial charge in [0.1, 0.15) is 0 Å². The number of fused-ring (bicyclic) bond motifs is 2. The third kappa shape index (κ3) is 3.09. The van der Waals surface area contributed by atoms with E-state index in [-0.39, 0.29) is 5.91 Å². The van der Waals surface area contributed by atoms with E-state index in [9.17, 15) is 4.79 Å². The molecule has 28 heavy (non-hydrogen) atoms. The molecule has 1 aliphatic rings. The SMILES string of the molecule is Cc1ccc2[nH]c(C3CCCN(C(=O)Cc4c[nH]c5ccccc45)C3)cc2c1. The molecule has 2 N–H and O–H groups in total. The number of amides is 1. The monoisotopic (exact) mass is 371 g/mol. The van der Waals surface area contributed by atoms with Gasteiger partial charge < -0.3 is 14.9 Å². The second kappa shape index (κ2) is 6.86. The van der Waals surface area contributed by atoms with Crippen molar-refractivity contribution in [2.45, 2.75) is 32.1 Å². The van der Waals surface area contributed by atoms with Gasteiger partial charge in [-0.25, -0.2) is 0 Å². The lowest BCUT2D eigenvalue weighted by atomic mass is 9.94. The summed E-state index contributed by atoms with van der Waals surface area (Å²) in [4.78, 5) is 21.9. The number of nitrogens with zero attached hydrogens (tertiary/aromatic N) is 1. The Bertz CT molecular complexity index is 1150. The smallest absolute Gasteiger partial charge is 0.227 e. The zero-order chi connectivity index (χ0) is 19.1. The van der Waals surface area contributed by atoms with Gasteiger partial charge in [0.25, 0.3) is 0 Å². The van der Waals surface area contributed by atoms with E-state index >= 15 is 0 Å². The minimum Gasteiger partial charge on any atom is -0.361 e. The van der Waals surface area contributed by atoms with Gasteiger partial charge in [0.05, 0.1) is 6.42 Å². The summed E-state index contributed by atoms with van der Waals surface area (Å²) in [5.74, 6) is 0.606. The van der Waals surface area contributed by atoms with Crippen molar-refractivity contribution < 1.29 is 4.79 Å². The summed E-state index contributed by atoms with van der Waals surface area (Å²) in [7, 11) is 0. The molecule has 0 radical (unpaired) electrons. The van der Waals surface area contributed by atoms with Crippen LogP contribution >= 0.6 is 0 Å². The first kappa shape index (κ1) is 17.1. The van der Waals surface area contributed by atoms with E-state index in [2.05, 4.69) is 53.3 Å². The molecule has 5 rings (SSSR count). The topological polar surface area (TPSA) is 51.9 Å². The lowest BCUT2D eigenvalue weighted by molar-refractivity contribution is -0.131. The highest BCUT2D eigenvalue weighted by molar-refractivity contribution is 5.89. The van der Waals surface area contributed by atoms with Crippen LogP contribution < -0.4 is 0 Å². The molecule has 0 saturated carbocycles. The van der Waals surface area contributed by atoms with Crippen LogP contribution in [-0.2, 0) is 11.2 Å². The van der Waals surface area contributed by atoms with Gasteiger partial charge in [-0.15, -0.1) is 0 Å². The van der Waals surface area contributed by atoms with Gasteiger partial charge in [-0.1, -0.05) is 29.8 Å². The molecule has 1 amide bonds. The van der Waals surface area contributed by atoms with Gasteiger partial charge in [-0.05, 0) is 55.0 Å². The molecule has 0 spiro atoms. The number of para-hydroxylation sites is 1. The van der Waals surface area contributed by atoms with Crippen LogP contribution in [0.25, 0.3) is 21.8 Å². The van der Waals surface area contributed by atoms with Crippen LogP contribution in [0.1, 0.15) is 35.6 Å². The lowest BCUT2D eigenvalue weighted by Gasteiger charge is -2.32. The highest BCUT2D eigenvalue weighted by Crippen LogP contribution is 2.30. The van der Waals surface area contributed by atoms with E-state index in [0.29, 0.717) is 12.3 Å². The van der Waals surface area contributed by atoms with Gasteiger partial charge in [-0.2, -0.15) is 0 Å². The lowest BCUT2D eigenvalue weighted by Crippen LogP contribution is -2.40. The van der Waals surface area contributed by atoms with Crippen molar-refractivity contribution in [2.75, 3.05) is 13.1 Å². The van der Waals surface area contributed by atoms with E-state index in [4.69, 9.17) is 0 Å². The summed E-state index contributed by atoms with van der Waals surface area (Å²) in [6, 6.07) is 17.0. The largest absolute Gasteiger partial charge is 0.361 e. The molecular formula is C24H25N3O. The average Bonchev–Trinajstić information content (AvgIpc) is 3.32. The molecule has 4 heteroatoms. The molecule has 0 bridgehead atoms. The number of hydrogen-bond donors (Lipinski definition) is 2. The third-order valence-electron chi connectivity index (χ3n) is 6.03. The van der Waals surface area contributed by atoms with Crippen LogP contribution in [0, 0.1) is 6.92 Å².